The van der Waals surface area contributed by atoms with Crippen LogP contribution in [0, 0.1) is 0 Å². The minimum Gasteiger partial charge on any atom is -0.469 e. The van der Waals surface area contributed by atoms with E-state index in [9.17, 15) is 4.79 Å². The summed E-state index contributed by atoms with van der Waals surface area (Å²) in [7, 11) is 1.39. The van der Waals surface area contributed by atoms with Gasteiger partial charge in [0.05, 0.1) is 0 Å². The van der Waals surface area contributed by atoms with Crippen molar-refractivity contribution in [1.82, 2.24) is 5.32 Å². The van der Waals surface area contributed by atoms with Crippen LogP contribution >= 0.6 is 0 Å². The second-order valence-corrected chi connectivity index (χ2v) is 3.83. The van der Waals surface area contributed by atoms with Gasteiger partial charge < -0.3 is 10.1 Å². The van der Waals surface area contributed by atoms with Gasteiger partial charge in [-0.3, -0.25) is 4.79 Å². The standard InChI is InChI=1S/C14H22BNO2/c1-4-7-10-16-13(6-3)9-8-12(5-2)11-18-14(15)17/h5-6,8-9,16H,2-4,7,10-11,15H2,1H3/b12-8+,13-9+. The third-order valence-corrected chi connectivity index (χ3v) is 2.26. The number of carbonyl (C=O) groups is 1. The first-order valence-electron chi connectivity index (χ1n) is 6.17. The Hall–Kier alpha value is -1.71. The third kappa shape index (κ3) is 8.45. The Morgan fingerprint density at radius 3 is 2.56 bits per heavy atom. The van der Waals surface area contributed by atoms with Crippen molar-refractivity contribution in [1.29, 1.82) is 0 Å². The number of hydrogen-bond donors (Lipinski definition) is 1. The average Bonchev–Trinajstić information content (AvgIpc) is 2.36. The molecule has 1 N–H and O–H groups in total. The van der Waals surface area contributed by atoms with Crippen LogP contribution in [0.5, 0.6) is 0 Å². The Labute approximate surface area is 111 Å². The Morgan fingerprint density at radius 2 is 2.06 bits per heavy atom. The predicted molar refractivity (Wildman–Crippen MR) is 79.4 cm³/mol. The van der Waals surface area contributed by atoms with Gasteiger partial charge in [0, 0.05) is 12.2 Å². The number of nitrogens with one attached hydrogen (secondary N) is 1. The van der Waals surface area contributed by atoms with Gasteiger partial charge in [-0.05, 0) is 24.1 Å². The highest BCUT2D eigenvalue weighted by Crippen LogP contribution is 2.01. The van der Waals surface area contributed by atoms with Crippen molar-refractivity contribution in [2.45, 2.75) is 19.8 Å². The maximum atomic E-state index is 10.7. The van der Waals surface area contributed by atoms with Gasteiger partial charge >= 0.3 is 0 Å². The minimum atomic E-state index is -0.295. The van der Waals surface area contributed by atoms with Crippen LogP contribution in [0.3, 0.4) is 0 Å². The molecule has 18 heavy (non-hydrogen) atoms. The molecule has 0 atom stereocenters. The van der Waals surface area contributed by atoms with Crippen molar-refractivity contribution in [3.8, 4) is 0 Å². The number of hydrogen-bond acceptors (Lipinski definition) is 3. The lowest BCUT2D eigenvalue weighted by Gasteiger charge is -2.06. The number of unbranched alkanes of at least 4 members (excludes halogenated alkanes) is 1. The number of carbonyl (C=O) groups excluding carboxylic acids is 1. The molecular weight excluding hydrogens is 225 g/mol. The summed E-state index contributed by atoms with van der Waals surface area (Å²) in [5.41, 5.74) is 1.80. The predicted octanol–water partition coefficient (Wildman–Crippen LogP) is 2.33. The number of rotatable bonds is 9. The molecule has 0 heterocycles. The highest BCUT2D eigenvalue weighted by atomic mass is 16.5. The third-order valence-electron chi connectivity index (χ3n) is 2.26. The summed E-state index contributed by atoms with van der Waals surface area (Å²) in [6.45, 7) is 10.7. The van der Waals surface area contributed by atoms with E-state index in [4.69, 9.17) is 4.74 Å². The Bertz CT molecular complexity index is 346. The minimum absolute atomic E-state index is 0.245. The van der Waals surface area contributed by atoms with Gasteiger partial charge in [0.25, 0.3) is 0 Å². The summed E-state index contributed by atoms with van der Waals surface area (Å²) in [5, 5.41) is 3.27. The van der Waals surface area contributed by atoms with Crippen molar-refractivity contribution >= 4 is 13.7 Å². The first kappa shape index (κ1) is 16.3. The summed E-state index contributed by atoms with van der Waals surface area (Å²) < 4.78 is 4.91. The molecule has 0 saturated heterocycles. The van der Waals surface area contributed by atoms with Gasteiger partial charge in [-0.15, -0.1) is 0 Å². The van der Waals surface area contributed by atoms with E-state index in [1.54, 1.807) is 12.2 Å². The normalized spacial score (nSPS) is 11.8. The summed E-state index contributed by atoms with van der Waals surface area (Å²) in [5.74, 6) is -0.295. The van der Waals surface area contributed by atoms with Gasteiger partial charge in [-0.1, -0.05) is 38.7 Å². The average molecular weight is 247 g/mol. The molecule has 0 fully saturated rings. The zero-order chi connectivity index (χ0) is 13.8. The van der Waals surface area contributed by atoms with Crippen LogP contribution in [-0.2, 0) is 4.74 Å². The molecule has 0 aliphatic heterocycles. The van der Waals surface area contributed by atoms with Gasteiger partial charge in [-0.2, -0.15) is 0 Å². The molecule has 0 spiro atoms. The van der Waals surface area contributed by atoms with Crippen molar-refractivity contribution < 1.29 is 9.53 Å². The fourth-order valence-electron chi connectivity index (χ4n) is 1.17. The van der Waals surface area contributed by atoms with E-state index in [1.807, 2.05) is 12.2 Å². The first-order valence-corrected chi connectivity index (χ1v) is 6.17. The summed E-state index contributed by atoms with van der Waals surface area (Å²) in [6, 6.07) is 0. The van der Waals surface area contributed by atoms with Crippen molar-refractivity contribution in [2.75, 3.05) is 13.2 Å². The summed E-state index contributed by atoms with van der Waals surface area (Å²) in [6.07, 6.45) is 9.48. The molecule has 98 valence electrons. The van der Waals surface area contributed by atoms with E-state index >= 15 is 0 Å². The maximum absolute atomic E-state index is 10.7. The molecule has 0 aromatic carbocycles. The smallest absolute Gasteiger partial charge is 0.243 e. The van der Waals surface area contributed by atoms with Crippen molar-refractivity contribution in [3.05, 3.63) is 48.7 Å². The maximum Gasteiger partial charge on any atom is 0.243 e. The molecule has 0 aromatic heterocycles. The zero-order valence-corrected chi connectivity index (χ0v) is 11.4. The summed E-state index contributed by atoms with van der Waals surface area (Å²) >= 11 is 0. The second kappa shape index (κ2) is 10.4. The quantitative estimate of drug-likeness (QED) is 0.386. The molecular formula is C14H22BNO2. The summed E-state index contributed by atoms with van der Waals surface area (Å²) in [4.78, 5) is 10.7. The molecule has 0 aliphatic rings. The van der Waals surface area contributed by atoms with Gasteiger partial charge in [-0.25, -0.2) is 0 Å². The highest BCUT2D eigenvalue weighted by Gasteiger charge is 1.95. The lowest BCUT2D eigenvalue weighted by atomic mass is 10.2. The molecule has 0 aliphatic carbocycles. The molecule has 0 amide bonds. The van der Waals surface area contributed by atoms with E-state index < -0.39 is 0 Å². The second-order valence-electron chi connectivity index (χ2n) is 3.83. The van der Waals surface area contributed by atoms with Crippen LogP contribution in [0.4, 0.5) is 4.79 Å². The lowest BCUT2D eigenvalue weighted by molar-refractivity contribution is 0.184. The molecule has 0 bridgehead atoms. The SMILES string of the molecule is BC(=O)OC/C(C=C)=C/C=C(\C=C)NCCCC. The van der Waals surface area contributed by atoms with Crippen molar-refractivity contribution in [3.63, 3.8) is 0 Å². The fraction of sp³-hybridized carbons (Fsp3) is 0.357. The molecule has 0 unspecified atom stereocenters. The Balaban J connectivity index is 4.42. The lowest BCUT2D eigenvalue weighted by Crippen LogP contribution is -2.12. The van der Waals surface area contributed by atoms with Crippen LogP contribution in [0.2, 0.25) is 0 Å². The van der Waals surface area contributed by atoms with Crippen LogP contribution < -0.4 is 5.32 Å². The van der Waals surface area contributed by atoms with E-state index in [-0.39, 0.29) is 12.5 Å². The zero-order valence-electron chi connectivity index (χ0n) is 11.4. The highest BCUT2D eigenvalue weighted by molar-refractivity contribution is 6.55. The Morgan fingerprint density at radius 1 is 1.33 bits per heavy atom. The Kier molecular flexibility index (Phi) is 9.46. The number of ether oxygens (including phenoxy) is 1. The molecule has 0 saturated carbocycles. The molecule has 0 aromatic rings. The van der Waals surface area contributed by atoms with Gasteiger partial charge in [0.1, 0.15) is 6.61 Å². The molecule has 0 radical (unpaired) electrons. The van der Waals surface area contributed by atoms with Gasteiger partial charge in [0.15, 0.2) is 0 Å². The van der Waals surface area contributed by atoms with Crippen LogP contribution in [0.1, 0.15) is 19.8 Å². The van der Waals surface area contributed by atoms with E-state index in [2.05, 4.69) is 25.4 Å². The van der Waals surface area contributed by atoms with Crippen LogP contribution in [0.15, 0.2) is 48.7 Å². The molecule has 3 nitrogen and oxygen atoms in total. The fourth-order valence-corrected chi connectivity index (χ4v) is 1.17. The van der Waals surface area contributed by atoms with Crippen LogP contribution in [-0.4, -0.2) is 26.9 Å². The van der Waals surface area contributed by atoms with Crippen molar-refractivity contribution in [2.24, 2.45) is 0 Å². The largest absolute Gasteiger partial charge is 0.469 e. The van der Waals surface area contributed by atoms with E-state index in [0.29, 0.717) is 0 Å². The van der Waals surface area contributed by atoms with E-state index in [1.165, 1.54) is 7.85 Å². The first-order chi connectivity index (χ1) is 8.63. The van der Waals surface area contributed by atoms with E-state index in [0.717, 1.165) is 30.7 Å². The monoisotopic (exact) mass is 247 g/mol. The van der Waals surface area contributed by atoms with Gasteiger partial charge in [0.2, 0.25) is 13.7 Å². The molecule has 4 heteroatoms. The van der Waals surface area contributed by atoms with Crippen LogP contribution in [0.25, 0.3) is 0 Å². The molecule has 0 rings (SSSR count). The topological polar surface area (TPSA) is 38.3 Å². The number of allylic oxidation sites excluding steroid dienone is 3.